The highest BCUT2D eigenvalue weighted by Gasteiger charge is 2.20. The second kappa shape index (κ2) is 9.58. The Morgan fingerprint density at radius 3 is 2.58 bits per heavy atom. The van der Waals surface area contributed by atoms with Crippen LogP contribution in [-0.2, 0) is 6.42 Å². The van der Waals surface area contributed by atoms with Gasteiger partial charge >= 0.3 is 0 Å². The molecule has 140 valence electrons. The number of pyridine rings is 1. The van der Waals surface area contributed by atoms with Crippen molar-refractivity contribution >= 4 is 0 Å². The first-order valence-electron chi connectivity index (χ1n) is 9.77. The number of nitrogens with zero attached hydrogens (tertiary/aromatic N) is 1. The summed E-state index contributed by atoms with van der Waals surface area (Å²) in [5.41, 5.74) is 2.52. The Balaban J connectivity index is 1.82. The summed E-state index contributed by atoms with van der Waals surface area (Å²) in [6.45, 7) is 3.18. The van der Waals surface area contributed by atoms with Crippen molar-refractivity contribution in [1.82, 2.24) is 10.3 Å². The van der Waals surface area contributed by atoms with Gasteiger partial charge in [0.05, 0.1) is 13.2 Å². The van der Waals surface area contributed by atoms with Crippen LogP contribution in [0.25, 0.3) is 0 Å². The number of hydrogen-bond acceptors (Lipinski definition) is 4. The lowest BCUT2D eigenvalue weighted by molar-refractivity contribution is 0.200. The molecule has 26 heavy (non-hydrogen) atoms. The smallest absolute Gasteiger partial charge is 0.161 e. The van der Waals surface area contributed by atoms with Crippen LogP contribution in [0.5, 0.6) is 11.5 Å². The van der Waals surface area contributed by atoms with Gasteiger partial charge in [0.15, 0.2) is 11.5 Å². The Labute approximate surface area is 156 Å². The second-order valence-electron chi connectivity index (χ2n) is 7.00. The number of methoxy groups -OCH3 is 1. The van der Waals surface area contributed by atoms with Crippen LogP contribution in [-0.4, -0.2) is 24.7 Å². The molecule has 1 fully saturated rings. The van der Waals surface area contributed by atoms with E-state index in [-0.39, 0.29) is 6.04 Å². The maximum absolute atomic E-state index is 6.28. The standard InChI is InChI=1S/C22H30N2O2/c1-3-12-24-20(15-17-10-13-23-14-11-17)18-8-9-21(25-2)22(16-18)26-19-6-4-5-7-19/h8-11,13-14,16,19-20,24H,3-7,12,15H2,1-2H3. The number of aromatic nitrogens is 1. The molecule has 0 bridgehead atoms. The van der Waals surface area contributed by atoms with Gasteiger partial charge in [-0.2, -0.15) is 0 Å². The number of benzene rings is 1. The number of ether oxygens (including phenoxy) is 2. The van der Waals surface area contributed by atoms with Gasteiger partial charge in [-0.05, 0) is 80.5 Å². The van der Waals surface area contributed by atoms with Gasteiger partial charge in [-0.3, -0.25) is 4.98 Å². The van der Waals surface area contributed by atoms with Crippen LogP contribution in [0.1, 0.15) is 56.2 Å². The van der Waals surface area contributed by atoms with Gasteiger partial charge in [0.1, 0.15) is 0 Å². The molecule has 1 aliphatic carbocycles. The highest BCUT2D eigenvalue weighted by Crippen LogP contribution is 2.34. The lowest BCUT2D eigenvalue weighted by Gasteiger charge is -2.22. The Kier molecular flexibility index (Phi) is 6.89. The third-order valence-corrected chi connectivity index (χ3v) is 5.02. The highest BCUT2D eigenvalue weighted by molar-refractivity contribution is 5.44. The molecule has 0 spiro atoms. The van der Waals surface area contributed by atoms with Crippen LogP contribution in [0, 0.1) is 0 Å². The van der Waals surface area contributed by atoms with E-state index in [9.17, 15) is 0 Å². The van der Waals surface area contributed by atoms with E-state index in [4.69, 9.17) is 9.47 Å². The predicted molar refractivity (Wildman–Crippen MR) is 105 cm³/mol. The maximum Gasteiger partial charge on any atom is 0.161 e. The molecule has 1 N–H and O–H groups in total. The van der Waals surface area contributed by atoms with Crippen LogP contribution in [0.15, 0.2) is 42.7 Å². The number of hydrogen-bond donors (Lipinski definition) is 1. The highest BCUT2D eigenvalue weighted by atomic mass is 16.5. The molecular formula is C22H30N2O2. The average Bonchev–Trinajstić information content (AvgIpc) is 3.19. The molecular weight excluding hydrogens is 324 g/mol. The van der Waals surface area contributed by atoms with E-state index in [0.29, 0.717) is 6.10 Å². The zero-order valence-corrected chi connectivity index (χ0v) is 15.9. The summed E-state index contributed by atoms with van der Waals surface area (Å²) in [5, 5.41) is 3.68. The summed E-state index contributed by atoms with van der Waals surface area (Å²) in [6.07, 6.45) is 10.9. The minimum absolute atomic E-state index is 0.245. The van der Waals surface area contributed by atoms with Crippen molar-refractivity contribution in [3.63, 3.8) is 0 Å². The lowest BCUT2D eigenvalue weighted by Crippen LogP contribution is -2.24. The maximum atomic E-state index is 6.28. The first-order valence-corrected chi connectivity index (χ1v) is 9.77. The molecule has 1 atom stereocenters. The Hall–Kier alpha value is -2.07. The molecule has 2 aromatic rings. The predicted octanol–water partition coefficient (Wildman–Crippen LogP) is 4.70. The van der Waals surface area contributed by atoms with E-state index in [2.05, 4.69) is 41.5 Å². The molecule has 0 radical (unpaired) electrons. The van der Waals surface area contributed by atoms with Gasteiger partial charge in [-0.15, -0.1) is 0 Å². The Morgan fingerprint density at radius 2 is 1.88 bits per heavy atom. The molecule has 0 saturated heterocycles. The second-order valence-corrected chi connectivity index (χ2v) is 7.00. The van der Waals surface area contributed by atoms with Crippen molar-refractivity contribution < 1.29 is 9.47 Å². The molecule has 3 rings (SSSR count). The minimum atomic E-state index is 0.245. The van der Waals surface area contributed by atoms with Gasteiger partial charge in [0, 0.05) is 18.4 Å². The monoisotopic (exact) mass is 354 g/mol. The third kappa shape index (κ3) is 4.98. The van der Waals surface area contributed by atoms with Gasteiger partial charge in [0.2, 0.25) is 0 Å². The molecule has 1 aliphatic rings. The third-order valence-electron chi connectivity index (χ3n) is 5.02. The van der Waals surface area contributed by atoms with Gasteiger partial charge in [0.25, 0.3) is 0 Å². The fraction of sp³-hybridized carbons (Fsp3) is 0.500. The summed E-state index contributed by atoms with van der Waals surface area (Å²) in [6, 6.07) is 10.8. The van der Waals surface area contributed by atoms with Crippen molar-refractivity contribution in [2.24, 2.45) is 0 Å². The molecule has 0 aliphatic heterocycles. The molecule has 0 amide bonds. The Morgan fingerprint density at radius 1 is 1.12 bits per heavy atom. The average molecular weight is 354 g/mol. The number of nitrogens with one attached hydrogen (secondary N) is 1. The fourth-order valence-corrected chi connectivity index (χ4v) is 3.57. The molecule has 1 unspecified atom stereocenters. The molecule has 1 aromatic carbocycles. The van der Waals surface area contributed by atoms with Gasteiger partial charge in [-0.1, -0.05) is 13.0 Å². The zero-order valence-electron chi connectivity index (χ0n) is 15.9. The fourth-order valence-electron chi connectivity index (χ4n) is 3.57. The summed E-state index contributed by atoms with van der Waals surface area (Å²) in [5.74, 6) is 1.69. The normalized spacial score (nSPS) is 15.8. The summed E-state index contributed by atoms with van der Waals surface area (Å²) in [4.78, 5) is 4.12. The molecule has 4 nitrogen and oxygen atoms in total. The number of rotatable bonds is 9. The SMILES string of the molecule is CCCNC(Cc1ccncc1)c1ccc(OC)c(OC2CCCC2)c1. The van der Waals surface area contributed by atoms with Crippen LogP contribution in [0.4, 0.5) is 0 Å². The van der Waals surface area contributed by atoms with E-state index < -0.39 is 0 Å². The first-order chi connectivity index (χ1) is 12.8. The molecule has 4 heteroatoms. The van der Waals surface area contributed by atoms with E-state index >= 15 is 0 Å². The van der Waals surface area contributed by atoms with E-state index in [1.807, 2.05) is 18.5 Å². The van der Waals surface area contributed by atoms with Crippen LogP contribution >= 0.6 is 0 Å². The van der Waals surface area contributed by atoms with Crippen LogP contribution in [0.3, 0.4) is 0 Å². The van der Waals surface area contributed by atoms with Crippen molar-refractivity contribution in [2.45, 2.75) is 57.6 Å². The summed E-state index contributed by atoms with van der Waals surface area (Å²) >= 11 is 0. The molecule has 1 saturated carbocycles. The lowest BCUT2D eigenvalue weighted by atomic mass is 9.98. The van der Waals surface area contributed by atoms with E-state index in [1.165, 1.54) is 24.0 Å². The van der Waals surface area contributed by atoms with Gasteiger partial charge < -0.3 is 14.8 Å². The van der Waals surface area contributed by atoms with E-state index in [0.717, 1.165) is 43.7 Å². The molecule has 1 heterocycles. The Bertz CT molecular complexity index is 669. The van der Waals surface area contributed by atoms with Crippen molar-refractivity contribution in [3.8, 4) is 11.5 Å². The van der Waals surface area contributed by atoms with Crippen molar-refractivity contribution in [1.29, 1.82) is 0 Å². The largest absolute Gasteiger partial charge is 0.493 e. The summed E-state index contributed by atoms with van der Waals surface area (Å²) in [7, 11) is 1.71. The first kappa shape index (κ1) is 18.7. The van der Waals surface area contributed by atoms with Crippen LogP contribution < -0.4 is 14.8 Å². The summed E-state index contributed by atoms with van der Waals surface area (Å²) < 4.78 is 11.8. The van der Waals surface area contributed by atoms with Crippen molar-refractivity contribution in [3.05, 3.63) is 53.9 Å². The van der Waals surface area contributed by atoms with Gasteiger partial charge in [-0.25, -0.2) is 0 Å². The van der Waals surface area contributed by atoms with Crippen molar-refractivity contribution in [2.75, 3.05) is 13.7 Å². The minimum Gasteiger partial charge on any atom is -0.493 e. The molecule has 1 aromatic heterocycles. The topological polar surface area (TPSA) is 43.4 Å². The quantitative estimate of drug-likeness (QED) is 0.709. The zero-order chi connectivity index (χ0) is 18.2. The van der Waals surface area contributed by atoms with E-state index in [1.54, 1.807) is 7.11 Å². The van der Waals surface area contributed by atoms with Crippen LogP contribution in [0.2, 0.25) is 0 Å².